The predicted molar refractivity (Wildman–Crippen MR) is 93.1 cm³/mol. The molecule has 0 atom stereocenters. The van der Waals surface area contributed by atoms with Crippen molar-refractivity contribution >= 4 is 0 Å². The molecule has 2 aromatic rings. The van der Waals surface area contributed by atoms with E-state index in [1.54, 1.807) is 0 Å². The van der Waals surface area contributed by atoms with Gasteiger partial charge in [0.2, 0.25) is 0 Å². The van der Waals surface area contributed by atoms with Gasteiger partial charge in [0.1, 0.15) is 0 Å². The Hall–Kier alpha value is -1.65. The Morgan fingerprint density at radius 1 is 1.13 bits per heavy atom. The fourth-order valence-electron chi connectivity index (χ4n) is 3.87. The minimum Gasteiger partial charge on any atom is -0.328 e. The van der Waals surface area contributed by atoms with E-state index in [0.717, 1.165) is 45.4 Å². The Balaban J connectivity index is 1.53. The van der Waals surface area contributed by atoms with Crippen LogP contribution in [0.2, 0.25) is 0 Å². The molecule has 0 saturated carbocycles. The number of piperidine rings is 1. The third-order valence-corrected chi connectivity index (χ3v) is 5.26. The van der Waals surface area contributed by atoms with Gasteiger partial charge in [0, 0.05) is 30.4 Å². The van der Waals surface area contributed by atoms with E-state index in [4.69, 9.17) is 5.73 Å². The highest BCUT2D eigenvalue weighted by atomic mass is 15.3. The number of nitrogens with zero attached hydrogens (tertiary/aromatic N) is 3. The molecule has 1 aromatic heterocycles. The maximum Gasteiger partial charge on any atom is 0.0571 e. The number of nitrogens with two attached hydrogens (primary N) is 1. The largest absolute Gasteiger partial charge is 0.328 e. The van der Waals surface area contributed by atoms with Gasteiger partial charge in [0.25, 0.3) is 0 Å². The zero-order valence-electron chi connectivity index (χ0n) is 13.7. The number of aromatic nitrogens is 2. The molecule has 3 heterocycles. The van der Waals surface area contributed by atoms with Crippen LogP contribution in [-0.4, -0.2) is 33.8 Å². The summed E-state index contributed by atoms with van der Waals surface area (Å²) < 4.78 is 2.19. The minimum atomic E-state index is 0.400. The molecular formula is C19H26N4. The van der Waals surface area contributed by atoms with Crippen LogP contribution in [0.3, 0.4) is 0 Å². The van der Waals surface area contributed by atoms with Gasteiger partial charge in [-0.15, -0.1) is 0 Å². The van der Waals surface area contributed by atoms with Gasteiger partial charge in [0.05, 0.1) is 6.20 Å². The van der Waals surface area contributed by atoms with Gasteiger partial charge in [-0.05, 0) is 62.4 Å². The highest BCUT2D eigenvalue weighted by Crippen LogP contribution is 2.28. The van der Waals surface area contributed by atoms with Gasteiger partial charge in [0.15, 0.2) is 0 Å². The van der Waals surface area contributed by atoms with Crippen molar-refractivity contribution in [3.8, 4) is 11.1 Å². The van der Waals surface area contributed by atoms with Gasteiger partial charge in [-0.2, -0.15) is 5.10 Å². The van der Waals surface area contributed by atoms with Crippen molar-refractivity contribution in [2.75, 3.05) is 13.1 Å². The molecule has 0 amide bonds. The first kappa shape index (κ1) is 14.9. The third kappa shape index (κ3) is 3.19. The van der Waals surface area contributed by atoms with Crippen LogP contribution in [-0.2, 0) is 19.5 Å². The maximum absolute atomic E-state index is 6.01. The standard InChI is InChI=1S/C19H26N4/c20-17-7-10-22(11-8-17)14-15-4-3-5-16(12-15)18-13-21-23-9-2-1-6-19(18)23/h3-5,12-13,17H,1-2,6-11,14,20H2. The molecule has 1 fully saturated rings. The molecule has 122 valence electrons. The fourth-order valence-corrected chi connectivity index (χ4v) is 3.87. The fraction of sp³-hybridized carbons (Fsp3) is 0.526. The number of hydrogen-bond donors (Lipinski definition) is 1. The summed E-state index contributed by atoms with van der Waals surface area (Å²) in [5.74, 6) is 0. The molecule has 0 bridgehead atoms. The van der Waals surface area contributed by atoms with Crippen molar-refractivity contribution in [3.63, 3.8) is 0 Å². The summed E-state index contributed by atoms with van der Waals surface area (Å²) in [6.45, 7) is 4.34. The van der Waals surface area contributed by atoms with Crippen LogP contribution in [0.25, 0.3) is 11.1 Å². The lowest BCUT2D eigenvalue weighted by molar-refractivity contribution is 0.205. The Labute approximate surface area is 138 Å². The number of likely N-dealkylation sites (tertiary alicyclic amines) is 1. The molecule has 2 aliphatic rings. The minimum absolute atomic E-state index is 0.400. The van der Waals surface area contributed by atoms with Crippen LogP contribution in [0.1, 0.15) is 36.9 Å². The molecule has 23 heavy (non-hydrogen) atoms. The van der Waals surface area contributed by atoms with Gasteiger partial charge in [-0.1, -0.05) is 18.2 Å². The lowest BCUT2D eigenvalue weighted by Gasteiger charge is -2.30. The van der Waals surface area contributed by atoms with Gasteiger partial charge >= 0.3 is 0 Å². The highest BCUT2D eigenvalue weighted by Gasteiger charge is 2.18. The Kier molecular flexibility index (Phi) is 4.19. The van der Waals surface area contributed by atoms with Crippen molar-refractivity contribution in [1.82, 2.24) is 14.7 Å². The number of fused-ring (bicyclic) bond motifs is 1. The topological polar surface area (TPSA) is 47.1 Å². The normalized spacial score (nSPS) is 19.7. The van der Waals surface area contributed by atoms with E-state index in [2.05, 4.69) is 45.1 Å². The average Bonchev–Trinajstić information content (AvgIpc) is 3.01. The van der Waals surface area contributed by atoms with Crippen LogP contribution in [0.4, 0.5) is 0 Å². The first-order valence-corrected chi connectivity index (χ1v) is 8.91. The van der Waals surface area contributed by atoms with E-state index in [1.807, 2.05) is 0 Å². The molecule has 0 unspecified atom stereocenters. The Bertz CT molecular complexity index is 668. The van der Waals surface area contributed by atoms with E-state index < -0.39 is 0 Å². The average molecular weight is 310 g/mol. The van der Waals surface area contributed by atoms with Crippen molar-refractivity contribution in [2.45, 2.75) is 51.2 Å². The van der Waals surface area contributed by atoms with Gasteiger partial charge < -0.3 is 5.73 Å². The molecule has 1 saturated heterocycles. The van der Waals surface area contributed by atoms with E-state index in [9.17, 15) is 0 Å². The second-order valence-electron chi connectivity index (χ2n) is 7.00. The predicted octanol–water partition coefficient (Wildman–Crippen LogP) is 2.81. The van der Waals surface area contributed by atoms with Crippen molar-refractivity contribution in [3.05, 3.63) is 41.7 Å². The summed E-state index contributed by atoms with van der Waals surface area (Å²) in [7, 11) is 0. The summed E-state index contributed by atoms with van der Waals surface area (Å²) in [6, 6.07) is 9.40. The number of benzene rings is 1. The zero-order valence-corrected chi connectivity index (χ0v) is 13.7. The molecule has 0 spiro atoms. The second-order valence-corrected chi connectivity index (χ2v) is 7.00. The van der Waals surface area contributed by atoms with Gasteiger partial charge in [-0.25, -0.2) is 0 Å². The smallest absolute Gasteiger partial charge is 0.0571 e. The van der Waals surface area contributed by atoms with Crippen LogP contribution >= 0.6 is 0 Å². The molecule has 2 N–H and O–H groups in total. The number of rotatable bonds is 3. The molecule has 4 rings (SSSR count). The Morgan fingerprint density at radius 2 is 2.00 bits per heavy atom. The SMILES string of the molecule is NC1CCN(Cc2cccc(-c3cnn4c3CCCC4)c2)CC1. The van der Waals surface area contributed by atoms with Gasteiger partial charge in [-0.3, -0.25) is 9.58 Å². The van der Waals surface area contributed by atoms with E-state index in [0.29, 0.717) is 6.04 Å². The van der Waals surface area contributed by atoms with Crippen LogP contribution in [0.5, 0.6) is 0 Å². The molecule has 0 aliphatic carbocycles. The first-order valence-electron chi connectivity index (χ1n) is 8.91. The highest BCUT2D eigenvalue weighted by molar-refractivity contribution is 5.66. The summed E-state index contributed by atoms with van der Waals surface area (Å²) in [5, 5.41) is 4.58. The third-order valence-electron chi connectivity index (χ3n) is 5.26. The molecular weight excluding hydrogens is 284 g/mol. The van der Waals surface area contributed by atoms with Crippen LogP contribution in [0.15, 0.2) is 30.5 Å². The van der Waals surface area contributed by atoms with Crippen molar-refractivity contribution < 1.29 is 0 Å². The van der Waals surface area contributed by atoms with Crippen LogP contribution in [0, 0.1) is 0 Å². The number of aryl methyl sites for hydroxylation is 1. The second kappa shape index (κ2) is 6.46. The van der Waals surface area contributed by atoms with E-state index >= 15 is 0 Å². The summed E-state index contributed by atoms with van der Waals surface area (Å²) in [4.78, 5) is 2.52. The lowest BCUT2D eigenvalue weighted by atomic mass is 9.99. The molecule has 2 aliphatic heterocycles. The maximum atomic E-state index is 6.01. The quantitative estimate of drug-likeness (QED) is 0.948. The van der Waals surface area contributed by atoms with Crippen LogP contribution < -0.4 is 5.73 Å². The monoisotopic (exact) mass is 310 g/mol. The molecule has 1 aromatic carbocycles. The first-order chi connectivity index (χ1) is 11.3. The Morgan fingerprint density at radius 3 is 2.87 bits per heavy atom. The summed E-state index contributed by atoms with van der Waals surface area (Å²) >= 11 is 0. The van der Waals surface area contributed by atoms with E-state index in [-0.39, 0.29) is 0 Å². The molecule has 4 heteroatoms. The van der Waals surface area contributed by atoms with Crippen molar-refractivity contribution in [1.29, 1.82) is 0 Å². The lowest BCUT2D eigenvalue weighted by Crippen LogP contribution is -2.39. The summed E-state index contributed by atoms with van der Waals surface area (Å²) in [5.41, 5.74) is 11.5. The van der Waals surface area contributed by atoms with E-state index in [1.165, 1.54) is 35.2 Å². The number of hydrogen-bond acceptors (Lipinski definition) is 3. The molecule has 0 radical (unpaired) electrons. The summed E-state index contributed by atoms with van der Waals surface area (Å²) in [6.07, 6.45) is 7.99. The molecule has 4 nitrogen and oxygen atoms in total. The zero-order chi connectivity index (χ0) is 15.6. The van der Waals surface area contributed by atoms with Crippen molar-refractivity contribution in [2.24, 2.45) is 5.73 Å².